The van der Waals surface area contributed by atoms with Gasteiger partial charge in [0.05, 0.1) is 38.8 Å². The SMILES string of the molecule is COc1c(Cl)cc(/C(O)=C2\C(=O)C(=O)N(c3ccc(Cl)c(Cl)c3)C2c2ccc(F)cc2)cc1Cl. The van der Waals surface area contributed by atoms with Gasteiger partial charge in [0, 0.05) is 11.3 Å². The van der Waals surface area contributed by atoms with Gasteiger partial charge in [-0.15, -0.1) is 0 Å². The number of carbonyl (C=O) groups is 2. The zero-order valence-corrected chi connectivity index (χ0v) is 20.3. The highest BCUT2D eigenvalue weighted by molar-refractivity contribution is 6.52. The van der Waals surface area contributed by atoms with E-state index in [-0.39, 0.29) is 42.7 Å². The Morgan fingerprint density at radius 2 is 1.53 bits per heavy atom. The van der Waals surface area contributed by atoms with Gasteiger partial charge in [0.15, 0.2) is 5.75 Å². The van der Waals surface area contributed by atoms with Crippen molar-refractivity contribution in [2.75, 3.05) is 12.0 Å². The first-order chi connectivity index (χ1) is 16.1. The van der Waals surface area contributed by atoms with Crippen LogP contribution in [0, 0.1) is 5.82 Å². The lowest BCUT2D eigenvalue weighted by Crippen LogP contribution is -2.29. The number of carbonyl (C=O) groups excluding carboxylic acids is 2. The molecule has 3 aromatic carbocycles. The highest BCUT2D eigenvalue weighted by atomic mass is 35.5. The van der Waals surface area contributed by atoms with E-state index in [9.17, 15) is 19.1 Å². The van der Waals surface area contributed by atoms with Gasteiger partial charge in [0.25, 0.3) is 11.7 Å². The van der Waals surface area contributed by atoms with Crippen LogP contribution in [0.15, 0.2) is 60.2 Å². The molecule has 5 nitrogen and oxygen atoms in total. The lowest BCUT2D eigenvalue weighted by molar-refractivity contribution is -0.132. The molecule has 0 bridgehead atoms. The van der Waals surface area contributed by atoms with Crippen LogP contribution in [-0.2, 0) is 9.59 Å². The number of hydrogen-bond acceptors (Lipinski definition) is 4. The molecule has 1 fully saturated rings. The molecule has 1 aliphatic heterocycles. The maximum atomic E-state index is 13.6. The van der Waals surface area contributed by atoms with Crippen LogP contribution in [0.3, 0.4) is 0 Å². The predicted molar refractivity (Wildman–Crippen MR) is 131 cm³/mol. The number of Topliss-reactive ketones (excluding diaryl/α,β-unsaturated/α-hetero) is 1. The Morgan fingerprint density at radius 1 is 0.912 bits per heavy atom. The summed E-state index contributed by atoms with van der Waals surface area (Å²) in [5, 5.41) is 11.8. The minimum absolute atomic E-state index is 0.0913. The van der Waals surface area contributed by atoms with Crippen molar-refractivity contribution in [3.05, 3.63) is 97.2 Å². The molecule has 3 aromatic rings. The third-order valence-corrected chi connectivity index (χ3v) is 6.59. The highest BCUT2D eigenvalue weighted by Crippen LogP contribution is 2.44. The van der Waals surface area contributed by atoms with Crippen molar-refractivity contribution < 1.29 is 23.8 Å². The standard InChI is InChI=1S/C24H14Cl4FNO4/c1-34-23-17(27)8-12(9-18(23)28)21(31)19-20(11-2-4-13(29)5-3-11)30(24(33)22(19)32)14-6-7-15(25)16(26)10-14/h2-10,20,31H,1H3/b21-19+. The number of halogens is 5. The Bertz CT molecular complexity index is 1330. The molecule has 1 heterocycles. The molecule has 1 unspecified atom stereocenters. The van der Waals surface area contributed by atoms with Gasteiger partial charge in [-0.05, 0) is 48.0 Å². The van der Waals surface area contributed by atoms with E-state index in [0.717, 1.165) is 4.90 Å². The number of aliphatic hydroxyl groups is 1. The maximum absolute atomic E-state index is 13.6. The Kier molecular flexibility index (Phi) is 6.78. The van der Waals surface area contributed by atoms with Crippen molar-refractivity contribution in [1.29, 1.82) is 0 Å². The first kappa shape index (κ1) is 24.4. The Hall–Kier alpha value is -2.77. The first-order valence-electron chi connectivity index (χ1n) is 9.69. The lowest BCUT2D eigenvalue weighted by atomic mass is 9.95. The van der Waals surface area contributed by atoms with E-state index in [1.54, 1.807) is 0 Å². The van der Waals surface area contributed by atoms with E-state index in [2.05, 4.69) is 0 Å². The van der Waals surface area contributed by atoms with Gasteiger partial charge in [-0.25, -0.2) is 4.39 Å². The van der Waals surface area contributed by atoms with Crippen LogP contribution in [0.4, 0.5) is 10.1 Å². The molecule has 174 valence electrons. The zero-order chi connectivity index (χ0) is 24.7. The number of aliphatic hydroxyl groups excluding tert-OH is 1. The number of rotatable bonds is 4. The predicted octanol–water partition coefficient (Wildman–Crippen LogP) is 7.07. The largest absolute Gasteiger partial charge is 0.507 e. The smallest absolute Gasteiger partial charge is 0.300 e. The number of nitrogens with zero attached hydrogens (tertiary/aromatic N) is 1. The van der Waals surface area contributed by atoms with Crippen molar-refractivity contribution in [3.63, 3.8) is 0 Å². The molecular weight excluding hydrogens is 527 g/mol. The van der Waals surface area contributed by atoms with Gasteiger partial charge in [0.2, 0.25) is 0 Å². The molecule has 1 saturated heterocycles. The number of hydrogen-bond donors (Lipinski definition) is 1. The Morgan fingerprint density at radius 3 is 2.09 bits per heavy atom. The van der Waals surface area contributed by atoms with E-state index in [1.165, 1.54) is 61.7 Å². The molecule has 1 amide bonds. The molecular formula is C24H14Cl4FNO4. The summed E-state index contributed by atoms with van der Waals surface area (Å²) in [4.78, 5) is 27.5. The summed E-state index contributed by atoms with van der Waals surface area (Å²) in [6, 6.07) is 11.2. The number of anilines is 1. The van der Waals surface area contributed by atoms with Crippen LogP contribution in [0.5, 0.6) is 5.75 Å². The van der Waals surface area contributed by atoms with Crippen molar-refractivity contribution in [2.24, 2.45) is 0 Å². The van der Waals surface area contributed by atoms with E-state index >= 15 is 0 Å². The summed E-state index contributed by atoms with van der Waals surface area (Å²) in [6.07, 6.45) is 0. The summed E-state index contributed by atoms with van der Waals surface area (Å²) in [6.45, 7) is 0. The fourth-order valence-corrected chi connectivity index (χ4v) is 4.68. The maximum Gasteiger partial charge on any atom is 0.300 e. The molecule has 0 aliphatic carbocycles. The summed E-state index contributed by atoms with van der Waals surface area (Å²) < 4.78 is 18.8. The van der Waals surface area contributed by atoms with Crippen LogP contribution in [0.1, 0.15) is 17.2 Å². The van der Waals surface area contributed by atoms with Crippen LogP contribution in [-0.4, -0.2) is 23.9 Å². The average molecular weight is 541 g/mol. The molecule has 1 aliphatic rings. The van der Waals surface area contributed by atoms with Gasteiger partial charge < -0.3 is 9.84 Å². The normalized spacial score (nSPS) is 17.4. The highest BCUT2D eigenvalue weighted by Gasteiger charge is 2.47. The molecule has 0 spiro atoms. The summed E-state index contributed by atoms with van der Waals surface area (Å²) in [7, 11) is 1.38. The first-order valence-corrected chi connectivity index (χ1v) is 11.2. The fourth-order valence-electron chi connectivity index (χ4n) is 3.74. The second kappa shape index (κ2) is 9.47. The number of benzene rings is 3. The minimum Gasteiger partial charge on any atom is -0.507 e. The average Bonchev–Trinajstić information content (AvgIpc) is 3.06. The van der Waals surface area contributed by atoms with Crippen LogP contribution < -0.4 is 9.64 Å². The van der Waals surface area contributed by atoms with Gasteiger partial charge in [-0.1, -0.05) is 58.5 Å². The Labute approximate surface area is 213 Å². The number of ketones is 1. The summed E-state index contributed by atoms with van der Waals surface area (Å²) >= 11 is 24.6. The quantitative estimate of drug-likeness (QED) is 0.218. The summed E-state index contributed by atoms with van der Waals surface area (Å²) in [5.74, 6) is -2.71. The van der Waals surface area contributed by atoms with E-state index in [4.69, 9.17) is 51.1 Å². The minimum atomic E-state index is -1.10. The Balaban J connectivity index is 1.97. The number of methoxy groups -OCH3 is 1. The molecule has 1 N–H and O–H groups in total. The molecule has 4 rings (SSSR count). The number of ether oxygens (including phenoxy) is 1. The molecule has 1 atom stereocenters. The lowest BCUT2D eigenvalue weighted by Gasteiger charge is -2.25. The zero-order valence-electron chi connectivity index (χ0n) is 17.3. The second-order valence-electron chi connectivity index (χ2n) is 7.29. The van der Waals surface area contributed by atoms with Gasteiger partial charge in [0.1, 0.15) is 11.6 Å². The van der Waals surface area contributed by atoms with E-state index in [0.29, 0.717) is 5.56 Å². The van der Waals surface area contributed by atoms with Gasteiger partial charge in [-0.2, -0.15) is 0 Å². The van der Waals surface area contributed by atoms with Crippen molar-refractivity contribution in [2.45, 2.75) is 6.04 Å². The van der Waals surface area contributed by atoms with Gasteiger partial charge in [-0.3, -0.25) is 14.5 Å². The molecule has 10 heteroatoms. The molecule has 0 aromatic heterocycles. The van der Waals surface area contributed by atoms with E-state index in [1.807, 2.05) is 0 Å². The van der Waals surface area contributed by atoms with Crippen molar-refractivity contribution in [3.8, 4) is 5.75 Å². The number of amides is 1. The van der Waals surface area contributed by atoms with Crippen LogP contribution >= 0.6 is 46.4 Å². The van der Waals surface area contributed by atoms with Crippen molar-refractivity contribution >= 4 is 69.5 Å². The molecule has 0 radical (unpaired) electrons. The van der Waals surface area contributed by atoms with Crippen molar-refractivity contribution in [1.82, 2.24) is 0 Å². The van der Waals surface area contributed by atoms with Crippen LogP contribution in [0.2, 0.25) is 20.1 Å². The van der Waals surface area contributed by atoms with Crippen LogP contribution in [0.25, 0.3) is 5.76 Å². The summed E-state index contributed by atoms with van der Waals surface area (Å²) in [5.41, 5.74) is 0.490. The van der Waals surface area contributed by atoms with Gasteiger partial charge >= 0.3 is 0 Å². The fraction of sp³-hybridized carbons (Fsp3) is 0.0833. The topological polar surface area (TPSA) is 66.8 Å². The van der Waals surface area contributed by atoms with E-state index < -0.39 is 29.3 Å². The second-order valence-corrected chi connectivity index (χ2v) is 8.92. The third kappa shape index (κ3) is 4.23. The molecule has 0 saturated carbocycles. The monoisotopic (exact) mass is 539 g/mol. The third-order valence-electron chi connectivity index (χ3n) is 5.29. The molecule has 34 heavy (non-hydrogen) atoms.